The Balaban J connectivity index is 1.88. The number of benzene rings is 1. The van der Waals surface area contributed by atoms with Crippen LogP contribution < -0.4 is 5.32 Å². The number of aliphatic hydroxyl groups is 1. The maximum Gasteiger partial charge on any atom is 0.237 e. The van der Waals surface area contributed by atoms with Crippen molar-refractivity contribution in [3.63, 3.8) is 0 Å². The van der Waals surface area contributed by atoms with E-state index < -0.39 is 0 Å². The highest BCUT2D eigenvalue weighted by molar-refractivity contribution is 5.81. The first-order valence-electron chi connectivity index (χ1n) is 7.92. The minimum Gasteiger partial charge on any atom is -0.393 e. The molecule has 5 heteroatoms. The van der Waals surface area contributed by atoms with Gasteiger partial charge in [0.1, 0.15) is 5.82 Å². The molecule has 1 aromatic rings. The molecule has 0 bridgehead atoms. The van der Waals surface area contributed by atoms with E-state index in [1.54, 1.807) is 25.1 Å². The lowest BCUT2D eigenvalue weighted by molar-refractivity contribution is -0.127. The molecule has 1 amide bonds. The van der Waals surface area contributed by atoms with E-state index in [1.165, 1.54) is 6.07 Å². The number of amides is 1. The van der Waals surface area contributed by atoms with Crippen molar-refractivity contribution in [1.29, 1.82) is 0 Å². The standard InChI is InChI=1S/C17H25FN2O2/c1-12(20-9-5-7-15(11-20)13(2)21)17(22)19-10-14-6-3-4-8-16(14)18/h3-4,6,8,12-13,15,21H,5,7,9-11H2,1-2H3,(H,19,22). The molecular formula is C17H25FN2O2. The van der Waals surface area contributed by atoms with E-state index in [9.17, 15) is 14.3 Å². The van der Waals surface area contributed by atoms with Crippen molar-refractivity contribution < 1.29 is 14.3 Å². The zero-order valence-corrected chi connectivity index (χ0v) is 13.3. The molecule has 0 aromatic heterocycles. The largest absolute Gasteiger partial charge is 0.393 e. The van der Waals surface area contributed by atoms with E-state index in [1.807, 2.05) is 6.92 Å². The number of nitrogens with one attached hydrogen (secondary N) is 1. The molecule has 1 saturated heterocycles. The van der Waals surface area contributed by atoms with E-state index in [0.717, 1.165) is 25.9 Å². The Hall–Kier alpha value is -1.46. The molecule has 0 radical (unpaired) electrons. The first-order chi connectivity index (χ1) is 10.5. The topological polar surface area (TPSA) is 52.6 Å². The molecule has 2 rings (SSSR count). The molecule has 122 valence electrons. The number of carbonyl (C=O) groups excluding carboxylic acids is 1. The van der Waals surface area contributed by atoms with Gasteiger partial charge in [-0.1, -0.05) is 18.2 Å². The van der Waals surface area contributed by atoms with Gasteiger partial charge in [-0.25, -0.2) is 4.39 Å². The molecule has 4 nitrogen and oxygen atoms in total. The monoisotopic (exact) mass is 308 g/mol. The number of halogens is 1. The predicted octanol–water partition coefficient (Wildman–Crippen LogP) is 1.92. The maximum absolute atomic E-state index is 13.5. The fourth-order valence-electron chi connectivity index (χ4n) is 2.92. The summed E-state index contributed by atoms with van der Waals surface area (Å²) in [5, 5.41) is 12.5. The first-order valence-corrected chi connectivity index (χ1v) is 7.92. The number of aliphatic hydroxyl groups excluding tert-OH is 1. The van der Waals surface area contributed by atoms with Crippen LogP contribution in [0.1, 0.15) is 32.3 Å². The average Bonchev–Trinajstić information content (AvgIpc) is 2.53. The molecular weight excluding hydrogens is 283 g/mol. The van der Waals surface area contributed by atoms with Crippen LogP contribution in [0.4, 0.5) is 4.39 Å². The zero-order chi connectivity index (χ0) is 16.1. The van der Waals surface area contributed by atoms with Gasteiger partial charge < -0.3 is 10.4 Å². The van der Waals surface area contributed by atoms with Crippen molar-refractivity contribution in [1.82, 2.24) is 10.2 Å². The van der Waals surface area contributed by atoms with E-state index in [2.05, 4.69) is 10.2 Å². The highest BCUT2D eigenvalue weighted by atomic mass is 19.1. The molecule has 3 unspecified atom stereocenters. The van der Waals surface area contributed by atoms with Crippen molar-refractivity contribution in [3.8, 4) is 0 Å². The Bertz CT molecular complexity index is 507. The molecule has 1 fully saturated rings. The summed E-state index contributed by atoms with van der Waals surface area (Å²) >= 11 is 0. The number of nitrogens with zero attached hydrogens (tertiary/aromatic N) is 1. The second kappa shape index (κ2) is 7.70. The summed E-state index contributed by atoms with van der Waals surface area (Å²) in [6.07, 6.45) is 1.63. The lowest BCUT2D eigenvalue weighted by Crippen LogP contribution is -2.50. The molecule has 2 N–H and O–H groups in total. The third kappa shape index (κ3) is 4.27. The van der Waals surface area contributed by atoms with Crippen LogP contribution in [0, 0.1) is 11.7 Å². The van der Waals surface area contributed by atoms with Crippen LogP contribution in [-0.4, -0.2) is 41.1 Å². The van der Waals surface area contributed by atoms with Crippen LogP contribution in [-0.2, 0) is 11.3 Å². The first kappa shape index (κ1) is 16.9. The Morgan fingerprint density at radius 1 is 1.45 bits per heavy atom. The van der Waals surface area contributed by atoms with Crippen LogP contribution in [0.3, 0.4) is 0 Å². The number of likely N-dealkylation sites (tertiary alicyclic amines) is 1. The van der Waals surface area contributed by atoms with Crippen LogP contribution in [0.5, 0.6) is 0 Å². The van der Waals surface area contributed by atoms with E-state index in [-0.39, 0.29) is 36.3 Å². The Kier molecular flexibility index (Phi) is 5.91. The molecule has 0 aliphatic carbocycles. The molecule has 3 atom stereocenters. The van der Waals surface area contributed by atoms with Crippen LogP contribution in [0.15, 0.2) is 24.3 Å². The lowest BCUT2D eigenvalue weighted by Gasteiger charge is -2.37. The normalized spacial score (nSPS) is 22.1. The third-order valence-electron chi connectivity index (χ3n) is 4.51. The van der Waals surface area contributed by atoms with Gasteiger partial charge in [-0.15, -0.1) is 0 Å². The number of piperidine rings is 1. The minimum absolute atomic E-state index is 0.102. The van der Waals surface area contributed by atoms with Crippen molar-refractivity contribution in [2.45, 2.75) is 45.4 Å². The summed E-state index contributed by atoms with van der Waals surface area (Å²) in [6, 6.07) is 6.18. The summed E-state index contributed by atoms with van der Waals surface area (Å²) < 4.78 is 13.5. The van der Waals surface area contributed by atoms with Gasteiger partial charge in [0.15, 0.2) is 0 Å². The van der Waals surface area contributed by atoms with Crippen molar-refractivity contribution >= 4 is 5.91 Å². The molecule has 1 aliphatic heterocycles. The number of carbonyl (C=O) groups is 1. The smallest absolute Gasteiger partial charge is 0.237 e. The number of hydrogen-bond acceptors (Lipinski definition) is 3. The van der Waals surface area contributed by atoms with Gasteiger partial charge in [0.25, 0.3) is 0 Å². The summed E-state index contributed by atoms with van der Waals surface area (Å²) in [7, 11) is 0. The second-order valence-corrected chi connectivity index (χ2v) is 6.12. The molecule has 0 spiro atoms. The molecule has 0 saturated carbocycles. The molecule has 1 aromatic carbocycles. The molecule has 22 heavy (non-hydrogen) atoms. The second-order valence-electron chi connectivity index (χ2n) is 6.12. The Morgan fingerprint density at radius 3 is 2.86 bits per heavy atom. The Morgan fingerprint density at radius 2 is 2.18 bits per heavy atom. The average molecular weight is 308 g/mol. The highest BCUT2D eigenvalue weighted by Crippen LogP contribution is 2.21. The summed E-state index contributed by atoms with van der Waals surface area (Å²) in [4.78, 5) is 14.4. The van der Waals surface area contributed by atoms with E-state index in [4.69, 9.17) is 0 Å². The highest BCUT2D eigenvalue weighted by Gasteiger charge is 2.29. The van der Waals surface area contributed by atoms with Gasteiger partial charge >= 0.3 is 0 Å². The van der Waals surface area contributed by atoms with Crippen molar-refractivity contribution in [2.24, 2.45) is 5.92 Å². The van der Waals surface area contributed by atoms with Gasteiger partial charge in [-0.05, 0) is 45.2 Å². The Labute approximate surface area is 131 Å². The molecule has 1 heterocycles. The summed E-state index contributed by atoms with van der Waals surface area (Å²) in [5.41, 5.74) is 0.489. The quantitative estimate of drug-likeness (QED) is 0.874. The van der Waals surface area contributed by atoms with Gasteiger partial charge in [-0.3, -0.25) is 9.69 Å². The lowest BCUT2D eigenvalue weighted by atomic mass is 9.92. The third-order valence-corrected chi connectivity index (χ3v) is 4.51. The maximum atomic E-state index is 13.5. The van der Waals surface area contributed by atoms with Crippen LogP contribution in [0.2, 0.25) is 0 Å². The summed E-state index contributed by atoms with van der Waals surface area (Å²) in [5.74, 6) is -0.187. The van der Waals surface area contributed by atoms with Crippen molar-refractivity contribution in [3.05, 3.63) is 35.6 Å². The fourth-order valence-corrected chi connectivity index (χ4v) is 2.92. The van der Waals surface area contributed by atoms with Gasteiger partial charge in [0.05, 0.1) is 12.1 Å². The van der Waals surface area contributed by atoms with E-state index in [0.29, 0.717) is 5.56 Å². The zero-order valence-electron chi connectivity index (χ0n) is 13.3. The number of hydrogen-bond donors (Lipinski definition) is 2. The van der Waals surface area contributed by atoms with Crippen LogP contribution in [0.25, 0.3) is 0 Å². The van der Waals surface area contributed by atoms with Gasteiger partial charge in [0, 0.05) is 18.7 Å². The number of rotatable bonds is 5. The van der Waals surface area contributed by atoms with Crippen molar-refractivity contribution in [2.75, 3.05) is 13.1 Å². The molecule has 1 aliphatic rings. The van der Waals surface area contributed by atoms with Crippen LogP contribution >= 0.6 is 0 Å². The fraction of sp³-hybridized carbons (Fsp3) is 0.588. The minimum atomic E-state index is -0.350. The SMILES string of the molecule is CC(O)C1CCCN(C(C)C(=O)NCc2ccccc2F)C1. The summed E-state index contributed by atoms with van der Waals surface area (Å²) in [6.45, 7) is 5.45. The van der Waals surface area contributed by atoms with Gasteiger partial charge in [-0.2, -0.15) is 0 Å². The van der Waals surface area contributed by atoms with E-state index >= 15 is 0 Å². The predicted molar refractivity (Wildman–Crippen MR) is 83.7 cm³/mol. The van der Waals surface area contributed by atoms with Gasteiger partial charge in [0.2, 0.25) is 5.91 Å².